The molecule has 0 fully saturated rings. The van der Waals surface area contributed by atoms with Gasteiger partial charge in [-0.3, -0.25) is 4.79 Å². The maximum absolute atomic E-state index is 12.1. The van der Waals surface area contributed by atoms with Gasteiger partial charge in [-0.1, -0.05) is 76.3 Å². The van der Waals surface area contributed by atoms with Crippen molar-refractivity contribution >= 4 is 69.7 Å². The predicted octanol–water partition coefficient (Wildman–Crippen LogP) is 6.18. The van der Waals surface area contributed by atoms with Gasteiger partial charge < -0.3 is 5.32 Å². The molecular weight excluding hydrogens is 441 g/mol. The minimum absolute atomic E-state index is 0.106. The van der Waals surface area contributed by atoms with Gasteiger partial charge in [-0.2, -0.15) is 0 Å². The van der Waals surface area contributed by atoms with Crippen molar-refractivity contribution < 1.29 is 4.79 Å². The fraction of sp³-hybridized carbons (Fsp3) is 0.167. The quantitative estimate of drug-likeness (QED) is 0.431. The number of hydrogen-bond acceptors (Lipinski definition) is 6. The first-order chi connectivity index (χ1) is 13.0. The Bertz CT molecular complexity index is 932. The second kappa shape index (κ2) is 9.80. The number of nitrogens with zero attached hydrogens (tertiary/aromatic N) is 2. The molecule has 0 spiro atoms. The third-order valence-electron chi connectivity index (χ3n) is 3.45. The number of aryl methyl sites for hydroxylation is 1. The average molecular weight is 456 g/mol. The van der Waals surface area contributed by atoms with Gasteiger partial charge in [0.05, 0.1) is 5.75 Å². The number of benzene rings is 2. The van der Waals surface area contributed by atoms with E-state index in [2.05, 4.69) is 15.5 Å². The van der Waals surface area contributed by atoms with Gasteiger partial charge in [0.1, 0.15) is 0 Å². The Morgan fingerprint density at radius 2 is 1.78 bits per heavy atom. The molecule has 3 rings (SSSR count). The highest BCUT2D eigenvalue weighted by Gasteiger charge is 2.10. The molecule has 2 aromatic carbocycles. The highest BCUT2D eigenvalue weighted by Crippen LogP contribution is 2.31. The molecule has 0 bridgehead atoms. The minimum Gasteiger partial charge on any atom is -0.325 e. The first-order valence-corrected chi connectivity index (χ1v) is 11.4. The first-order valence-electron chi connectivity index (χ1n) is 7.89. The smallest absolute Gasteiger partial charge is 0.234 e. The molecule has 27 heavy (non-hydrogen) atoms. The molecule has 1 N–H and O–H groups in total. The second-order valence-corrected chi connectivity index (χ2v) is 9.82. The van der Waals surface area contributed by atoms with Crippen molar-refractivity contribution in [2.75, 3.05) is 11.1 Å². The van der Waals surface area contributed by atoms with Crippen LogP contribution in [0.25, 0.3) is 0 Å². The number of nitrogens with one attached hydrogen (secondary N) is 1. The molecule has 140 valence electrons. The lowest BCUT2D eigenvalue weighted by molar-refractivity contribution is -0.113. The number of hydrogen-bond donors (Lipinski definition) is 1. The van der Waals surface area contributed by atoms with Gasteiger partial charge in [0, 0.05) is 21.5 Å². The minimum atomic E-state index is -0.106. The molecule has 0 aliphatic rings. The maximum Gasteiger partial charge on any atom is 0.234 e. The number of carbonyl (C=O) groups is 1. The Balaban J connectivity index is 1.46. The molecule has 1 amide bonds. The van der Waals surface area contributed by atoms with Crippen LogP contribution in [0.15, 0.2) is 51.1 Å². The number of anilines is 1. The van der Waals surface area contributed by atoms with E-state index in [1.54, 1.807) is 17.8 Å². The number of carbonyl (C=O) groups excluding carboxylic acids is 1. The number of halogens is 2. The number of thioether (sulfide) groups is 2. The zero-order valence-electron chi connectivity index (χ0n) is 14.2. The van der Waals surface area contributed by atoms with Crippen LogP contribution in [0.1, 0.15) is 11.1 Å². The summed E-state index contributed by atoms with van der Waals surface area (Å²) in [5.41, 5.74) is 2.83. The molecular formula is C18H15Cl2N3OS3. The molecule has 0 aliphatic carbocycles. The molecule has 3 aromatic rings. The van der Waals surface area contributed by atoms with Crippen molar-refractivity contribution in [1.29, 1.82) is 0 Å². The van der Waals surface area contributed by atoms with Crippen LogP contribution < -0.4 is 5.32 Å². The zero-order valence-corrected chi connectivity index (χ0v) is 18.2. The van der Waals surface area contributed by atoms with Crippen molar-refractivity contribution in [2.24, 2.45) is 0 Å². The van der Waals surface area contributed by atoms with Crippen molar-refractivity contribution in [2.45, 2.75) is 21.4 Å². The Morgan fingerprint density at radius 3 is 2.48 bits per heavy atom. The molecule has 0 unspecified atom stereocenters. The fourth-order valence-electron chi connectivity index (χ4n) is 2.03. The number of aromatic nitrogens is 2. The molecule has 0 saturated carbocycles. The molecule has 0 saturated heterocycles. The summed E-state index contributed by atoms with van der Waals surface area (Å²) in [6, 6.07) is 13.2. The van der Waals surface area contributed by atoms with Gasteiger partial charge in [0.15, 0.2) is 8.68 Å². The first kappa shape index (κ1) is 20.5. The van der Waals surface area contributed by atoms with E-state index in [-0.39, 0.29) is 11.7 Å². The van der Waals surface area contributed by atoms with Crippen molar-refractivity contribution in [1.82, 2.24) is 10.2 Å². The third-order valence-corrected chi connectivity index (χ3v) is 7.37. The number of rotatable bonds is 7. The largest absolute Gasteiger partial charge is 0.325 e. The SMILES string of the molecule is Cc1ccc(NC(=O)CSc2nnc(SCc3ccc(Cl)cc3)s2)cc1Cl. The molecule has 0 atom stereocenters. The van der Waals surface area contributed by atoms with Crippen LogP contribution in [0.3, 0.4) is 0 Å². The van der Waals surface area contributed by atoms with E-state index < -0.39 is 0 Å². The van der Waals surface area contributed by atoms with Crippen LogP contribution in [-0.2, 0) is 10.5 Å². The van der Waals surface area contributed by atoms with Crippen molar-refractivity contribution in [3.05, 3.63) is 63.6 Å². The summed E-state index contributed by atoms with van der Waals surface area (Å²) >= 11 is 16.4. The van der Waals surface area contributed by atoms with Crippen molar-refractivity contribution in [3.8, 4) is 0 Å². The van der Waals surface area contributed by atoms with E-state index in [9.17, 15) is 4.79 Å². The summed E-state index contributed by atoms with van der Waals surface area (Å²) in [5, 5.41) is 12.5. The summed E-state index contributed by atoms with van der Waals surface area (Å²) in [6.07, 6.45) is 0. The highest BCUT2D eigenvalue weighted by molar-refractivity contribution is 8.03. The molecule has 1 aromatic heterocycles. The Morgan fingerprint density at radius 1 is 1.07 bits per heavy atom. The van der Waals surface area contributed by atoms with E-state index in [1.807, 2.05) is 43.3 Å². The van der Waals surface area contributed by atoms with Gasteiger partial charge in [0.2, 0.25) is 5.91 Å². The average Bonchev–Trinajstić information content (AvgIpc) is 3.11. The standard InChI is InChI=1S/C18H15Cl2N3OS3/c1-11-2-7-14(8-15(11)20)21-16(24)10-26-18-23-22-17(27-18)25-9-12-3-5-13(19)6-4-12/h2-8H,9-10H2,1H3,(H,21,24). The summed E-state index contributed by atoms with van der Waals surface area (Å²) in [6.45, 7) is 1.92. The van der Waals surface area contributed by atoms with Crippen LogP contribution in [0.4, 0.5) is 5.69 Å². The van der Waals surface area contributed by atoms with Crippen molar-refractivity contribution in [3.63, 3.8) is 0 Å². The molecule has 9 heteroatoms. The Hall–Kier alpha value is -1.25. The van der Waals surface area contributed by atoms with Crippen LogP contribution in [0, 0.1) is 6.92 Å². The van der Waals surface area contributed by atoms with E-state index in [0.717, 1.165) is 25.0 Å². The lowest BCUT2D eigenvalue weighted by atomic mass is 10.2. The third kappa shape index (κ3) is 6.40. The number of amides is 1. The predicted molar refractivity (Wildman–Crippen MR) is 116 cm³/mol. The highest BCUT2D eigenvalue weighted by atomic mass is 35.5. The summed E-state index contributed by atoms with van der Waals surface area (Å²) < 4.78 is 1.64. The summed E-state index contributed by atoms with van der Waals surface area (Å²) in [4.78, 5) is 12.1. The normalized spacial score (nSPS) is 10.8. The maximum atomic E-state index is 12.1. The van der Waals surface area contributed by atoms with E-state index in [0.29, 0.717) is 10.7 Å². The van der Waals surface area contributed by atoms with Crippen LogP contribution >= 0.6 is 58.1 Å². The van der Waals surface area contributed by atoms with Crippen LogP contribution in [0.2, 0.25) is 10.0 Å². The van der Waals surface area contributed by atoms with Gasteiger partial charge >= 0.3 is 0 Å². The summed E-state index contributed by atoms with van der Waals surface area (Å²) in [7, 11) is 0. The fourth-order valence-corrected chi connectivity index (χ4v) is 5.12. The van der Waals surface area contributed by atoms with E-state index in [4.69, 9.17) is 23.2 Å². The lowest BCUT2D eigenvalue weighted by Gasteiger charge is -2.05. The lowest BCUT2D eigenvalue weighted by Crippen LogP contribution is -2.13. The Labute approximate surface area is 180 Å². The van der Waals surface area contributed by atoms with Gasteiger partial charge in [-0.25, -0.2) is 0 Å². The van der Waals surface area contributed by atoms with Crippen LogP contribution in [-0.4, -0.2) is 21.9 Å². The monoisotopic (exact) mass is 455 g/mol. The molecule has 0 radical (unpaired) electrons. The zero-order chi connectivity index (χ0) is 19.2. The van der Waals surface area contributed by atoms with Gasteiger partial charge in [-0.15, -0.1) is 10.2 Å². The van der Waals surface area contributed by atoms with E-state index in [1.165, 1.54) is 28.7 Å². The van der Waals surface area contributed by atoms with Gasteiger partial charge in [0.25, 0.3) is 0 Å². The Kier molecular flexibility index (Phi) is 7.43. The molecule has 4 nitrogen and oxygen atoms in total. The summed E-state index contributed by atoms with van der Waals surface area (Å²) in [5.74, 6) is 0.957. The van der Waals surface area contributed by atoms with E-state index >= 15 is 0 Å². The topological polar surface area (TPSA) is 54.9 Å². The molecule has 0 aliphatic heterocycles. The molecule has 1 heterocycles. The van der Waals surface area contributed by atoms with Crippen LogP contribution in [0.5, 0.6) is 0 Å². The second-order valence-electron chi connectivity index (χ2n) is 5.55. The van der Waals surface area contributed by atoms with Gasteiger partial charge in [-0.05, 0) is 42.3 Å².